The number of hydrogen-bond acceptors (Lipinski definition) is 7. The predicted octanol–water partition coefficient (Wildman–Crippen LogP) is 5.57. The average molecular weight is 638 g/mol. The number of thiophene rings is 1. The third-order valence-electron chi connectivity index (χ3n) is 6.96. The van der Waals surface area contributed by atoms with E-state index in [0.717, 1.165) is 41.3 Å². The van der Waals surface area contributed by atoms with Crippen LogP contribution >= 0.6 is 22.9 Å². The molecule has 0 atom stereocenters. The zero-order valence-corrected chi connectivity index (χ0v) is 25.3. The van der Waals surface area contributed by atoms with Crippen LogP contribution in [0.25, 0.3) is 0 Å². The van der Waals surface area contributed by atoms with Crippen molar-refractivity contribution in [3.63, 3.8) is 0 Å². The molecule has 0 bridgehead atoms. The Morgan fingerprint density at radius 3 is 2.33 bits per heavy atom. The van der Waals surface area contributed by atoms with Crippen LogP contribution in [0.4, 0.5) is 10.7 Å². The number of benzene rings is 3. The minimum Gasteiger partial charge on any atom is -0.452 e. The topological polar surface area (TPSA) is 136 Å². The van der Waals surface area contributed by atoms with Crippen molar-refractivity contribution in [1.82, 2.24) is 0 Å². The summed E-state index contributed by atoms with van der Waals surface area (Å²) < 4.78 is 34.2. The van der Waals surface area contributed by atoms with E-state index < -0.39 is 34.4 Å². The lowest BCUT2D eigenvalue weighted by molar-refractivity contribution is -0.119. The number of rotatable bonds is 10. The largest absolute Gasteiger partial charge is 0.452 e. The normalized spacial score (nSPS) is 12.7. The molecule has 12 heteroatoms. The van der Waals surface area contributed by atoms with E-state index in [1.807, 2.05) is 30.3 Å². The Bertz CT molecular complexity index is 1780. The summed E-state index contributed by atoms with van der Waals surface area (Å²) in [6, 6.07) is 21.5. The van der Waals surface area contributed by atoms with Crippen LogP contribution in [0.15, 0.2) is 83.8 Å². The van der Waals surface area contributed by atoms with Crippen molar-refractivity contribution >= 4 is 61.4 Å². The highest BCUT2D eigenvalue weighted by Crippen LogP contribution is 2.38. The highest BCUT2D eigenvalue weighted by Gasteiger charge is 2.28. The lowest BCUT2D eigenvalue weighted by Crippen LogP contribution is -2.30. The highest BCUT2D eigenvalue weighted by atomic mass is 35.5. The minimum absolute atomic E-state index is 0.0411. The van der Waals surface area contributed by atoms with Crippen molar-refractivity contribution < 1.29 is 27.5 Å². The summed E-state index contributed by atoms with van der Waals surface area (Å²) in [7, 11) is -4.17. The number of carbonyl (C=O) groups excluding carboxylic acids is 3. The fourth-order valence-corrected chi connectivity index (χ4v) is 7.88. The third-order valence-corrected chi connectivity index (χ3v) is 10.3. The number of amides is 2. The number of carbonyl (C=O) groups is 3. The van der Waals surface area contributed by atoms with E-state index in [9.17, 15) is 22.8 Å². The molecular weight excluding hydrogens is 610 g/mol. The summed E-state index contributed by atoms with van der Waals surface area (Å²) in [5.74, 6) is -2.28. The Labute approximate surface area is 258 Å². The van der Waals surface area contributed by atoms with Gasteiger partial charge in [0.2, 0.25) is 0 Å². The monoisotopic (exact) mass is 637 g/mol. The second kappa shape index (κ2) is 13.0. The number of primary amides is 1. The van der Waals surface area contributed by atoms with Gasteiger partial charge in [-0.05, 0) is 67.1 Å². The molecule has 3 aromatic carbocycles. The first-order valence-electron chi connectivity index (χ1n) is 13.5. The molecule has 0 saturated heterocycles. The Kier molecular flexibility index (Phi) is 9.14. The van der Waals surface area contributed by atoms with Gasteiger partial charge in [0.1, 0.15) is 5.00 Å². The second-order valence-electron chi connectivity index (χ2n) is 9.88. The summed E-state index contributed by atoms with van der Waals surface area (Å²) in [4.78, 5) is 38.6. The number of sulfonamides is 1. The van der Waals surface area contributed by atoms with Crippen molar-refractivity contribution in [3.05, 3.63) is 111 Å². The van der Waals surface area contributed by atoms with E-state index >= 15 is 0 Å². The van der Waals surface area contributed by atoms with Gasteiger partial charge in [-0.2, -0.15) is 0 Å². The van der Waals surface area contributed by atoms with Crippen LogP contribution in [-0.2, 0) is 38.9 Å². The summed E-state index contributed by atoms with van der Waals surface area (Å²) >= 11 is 7.56. The number of aryl methyl sites for hydroxylation is 1. The van der Waals surface area contributed by atoms with Gasteiger partial charge in [-0.25, -0.2) is 13.2 Å². The summed E-state index contributed by atoms with van der Waals surface area (Å²) in [5.41, 5.74) is 7.72. The Morgan fingerprint density at radius 2 is 1.63 bits per heavy atom. The van der Waals surface area contributed by atoms with Gasteiger partial charge in [0.15, 0.2) is 6.61 Å². The van der Waals surface area contributed by atoms with Crippen LogP contribution in [-0.4, -0.2) is 32.8 Å². The zero-order chi connectivity index (χ0) is 30.6. The molecule has 0 aliphatic heterocycles. The van der Waals surface area contributed by atoms with E-state index in [1.165, 1.54) is 27.8 Å². The summed E-state index contributed by atoms with van der Waals surface area (Å²) in [5, 5.41) is 2.91. The number of fused-ring (bicyclic) bond motifs is 1. The number of esters is 1. The standard InChI is InChI=1S/C31H28ClN3O6S2/c32-25-16-15-22(43(39,40)35(21-11-5-2-6-12-21)18-20-9-3-1-4-10-20)17-24(25)31(38)41-19-27(36)34-30-28(29(33)37)23-13-7-8-14-26(23)42-30/h1-6,9-12,15-17H,7-8,13-14,18-19H2,(H2,33,37)(H,34,36). The quantitative estimate of drug-likeness (QED) is 0.218. The van der Waals surface area contributed by atoms with Gasteiger partial charge in [0.25, 0.3) is 21.8 Å². The van der Waals surface area contributed by atoms with Gasteiger partial charge < -0.3 is 15.8 Å². The molecule has 1 aliphatic carbocycles. The van der Waals surface area contributed by atoms with Crippen LogP contribution in [0.5, 0.6) is 0 Å². The second-order valence-corrected chi connectivity index (χ2v) is 13.3. The Hall–Kier alpha value is -4.19. The van der Waals surface area contributed by atoms with Gasteiger partial charge >= 0.3 is 5.97 Å². The highest BCUT2D eigenvalue weighted by molar-refractivity contribution is 7.92. The Balaban J connectivity index is 1.34. The number of halogens is 1. The van der Waals surface area contributed by atoms with Crippen LogP contribution in [0.2, 0.25) is 5.02 Å². The molecule has 0 spiro atoms. The van der Waals surface area contributed by atoms with Crippen LogP contribution in [0.3, 0.4) is 0 Å². The molecule has 2 amide bonds. The molecular formula is C31H28ClN3O6S2. The van der Waals surface area contributed by atoms with Crippen LogP contribution in [0, 0.1) is 0 Å². The fraction of sp³-hybridized carbons (Fsp3) is 0.194. The van der Waals surface area contributed by atoms with E-state index in [2.05, 4.69) is 5.32 Å². The number of para-hydroxylation sites is 1. The molecule has 222 valence electrons. The maximum Gasteiger partial charge on any atom is 0.340 e. The molecule has 0 unspecified atom stereocenters. The molecule has 0 fully saturated rings. The molecule has 0 radical (unpaired) electrons. The van der Waals surface area contributed by atoms with Gasteiger partial charge in [-0.1, -0.05) is 60.1 Å². The van der Waals surface area contributed by atoms with Gasteiger partial charge in [-0.3, -0.25) is 13.9 Å². The van der Waals surface area contributed by atoms with Crippen molar-refractivity contribution in [2.45, 2.75) is 37.1 Å². The molecule has 1 aliphatic rings. The molecule has 1 aromatic heterocycles. The number of nitrogens with two attached hydrogens (primary N) is 1. The SMILES string of the molecule is NC(=O)c1c(NC(=O)COC(=O)c2cc(S(=O)(=O)N(Cc3ccccc3)c3ccccc3)ccc2Cl)sc2c1CCCC2. The summed E-state index contributed by atoms with van der Waals surface area (Å²) in [6.45, 7) is -0.633. The number of anilines is 2. The molecule has 1 heterocycles. The van der Waals surface area contributed by atoms with E-state index in [0.29, 0.717) is 22.7 Å². The van der Waals surface area contributed by atoms with Crippen molar-refractivity contribution in [1.29, 1.82) is 0 Å². The van der Waals surface area contributed by atoms with Gasteiger partial charge in [0.05, 0.1) is 33.3 Å². The number of ether oxygens (including phenoxy) is 1. The van der Waals surface area contributed by atoms with E-state index in [-0.39, 0.29) is 22.0 Å². The molecule has 43 heavy (non-hydrogen) atoms. The van der Waals surface area contributed by atoms with Crippen molar-refractivity contribution in [3.8, 4) is 0 Å². The molecule has 3 N–H and O–H groups in total. The maximum atomic E-state index is 13.9. The van der Waals surface area contributed by atoms with Crippen LogP contribution < -0.4 is 15.4 Å². The lowest BCUT2D eigenvalue weighted by Gasteiger charge is -2.25. The Morgan fingerprint density at radius 1 is 0.953 bits per heavy atom. The first kappa shape index (κ1) is 30.3. The maximum absolute atomic E-state index is 13.9. The molecule has 4 aromatic rings. The average Bonchev–Trinajstić information content (AvgIpc) is 3.37. The van der Waals surface area contributed by atoms with Gasteiger partial charge in [0, 0.05) is 4.88 Å². The number of nitrogens with one attached hydrogen (secondary N) is 1. The minimum atomic E-state index is -4.17. The molecule has 5 rings (SSSR count). The van der Waals surface area contributed by atoms with Crippen molar-refractivity contribution in [2.75, 3.05) is 16.2 Å². The van der Waals surface area contributed by atoms with E-state index in [1.54, 1.807) is 30.3 Å². The lowest BCUT2D eigenvalue weighted by atomic mass is 9.95. The van der Waals surface area contributed by atoms with Gasteiger partial charge in [-0.15, -0.1) is 11.3 Å². The zero-order valence-electron chi connectivity index (χ0n) is 22.9. The van der Waals surface area contributed by atoms with Crippen LogP contribution in [0.1, 0.15) is 49.6 Å². The predicted molar refractivity (Wildman–Crippen MR) is 166 cm³/mol. The number of hydrogen-bond donors (Lipinski definition) is 2. The first-order valence-corrected chi connectivity index (χ1v) is 16.1. The molecule has 0 saturated carbocycles. The molecule has 9 nitrogen and oxygen atoms in total. The summed E-state index contributed by atoms with van der Waals surface area (Å²) in [6.07, 6.45) is 3.43. The van der Waals surface area contributed by atoms with E-state index in [4.69, 9.17) is 22.1 Å². The number of nitrogens with zero attached hydrogens (tertiary/aromatic N) is 1. The smallest absolute Gasteiger partial charge is 0.340 e. The first-order chi connectivity index (χ1) is 20.6. The third kappa shape index (κ3) is 6.74. The van der Waals surface area contributed by atoms with Crippen molar-refractivity contribution in [2.24, 2.45) is 5.73 Å². The fourth-order valence-electron chi connectivity index (χ4n) is 4.89.